The van der Waals surface area contributed by atoms with E-state index in [-0.39, 0.29) is 0 Å². The molecule has 120 valence electrons. The molecule has 4 heteroatoms. The van der Waals surface area contributed by atoms with Crippen LogP contribution < -0.4 is 5.32 Å². The molecule has 0 radical (unpaired) electrons. The van der Waals surface area contributed by atoms with Crippen molar-refractivity contribution in [3.63, 3.8) is 0 Å². The maximum Gasteiger partial charge on any atom is 0.0594 e. The molecule has 0 spiro atoms. The minimum atomic E-state index is 0.649. The number of rotatable bonds is 7. The molecule has 0 aromatic rings. The smallest absolute Gasteiger partial charge is 0.0594 e. The summed E-state index contributed by atoms with van der Waals surface area (Å²) in [5.74, 6) is 2.69. The van der Waals surface area contributed by atoms with E-state index < -0.39 is 0 Å². The van der Waals surface area contributed by atoms with Gasteiger partial charge in [0.25, 0.3) is 0 Å². The van der Waals surface area contributed by atoms with E-state index in [1.165, 1.54) is 32.1 Å². The van der Waals surface area contributed by atoms with Crippen LogP contribution in [0.1, 0.15) is 32.1 Å². The molecule has 2 aliphatic heterocycles. The predicted molar refractivity (Wildman–Crippen MR) is 82.3 cm³/mol. The maximum atomic E-state index is 5.67. The van der Waals surface area contributed by atoms with Gasteiger partial charge in [-0.05, 0) is 43.9 Å². The Morgan fingerprint density at radius 2 is 1.57 bits per heavy atom. The molecule has 2 aliphatic carbocycles. The van der Waals surface area contributed by atoms with Crippen LogP contribution in [0.5, 0.6) is 0 Å². The zero-order valence-corrected chi connectivity index (χ0v) is 13.1. The summed E-state index contributed by atoms with van der Waals surface area (Å²) in [5, 5.41) is 3.98. The SMILES string of the molecule is C1CN(C(CNC(C2CC2)C2CC2)C2CCOC2)CCO1. The zero-order valence-electron chi connectivity index (χ0n) is 13.1. The standard InChI is InChI=1S/C17H30N2O2/c1-2-13(1)17(14-3-4-14)18-11-16(15-5-8-21-12-15)19-6-9-20-10-7-19/h13-18H,1-12H2. The summed E-state index contributed by atoms with van der Waals surface area (Å²) in [6, 6.07) is 1.47. The Kier molecular flexibility index (Phi) is 4.49. The monoisotopic (exact) mass is 294 g/mol. The van der Waals surface area contributed by atoms with Crippen LogP contribution in [0.3, 0.4) is 0 Å². The van der Waals surface area contributed by atoms with Crippen LogP contribution >= 0.6 is 0 Å². The zero-order chi connectivity index (χ0) is 14.1. The number of morpholine rings is 1. The second kappa shape index (κ2) is 6.53. The molecule has 4 fully saturated rings. The summed E-state index contributed by atoms with van der Waals surface area (Å²) in [6.07, 6.45) is 7.08. The summed E-state index contributed by atoms with van der Waals surface area (Å²) in [4.78, 5) is 2.66. The highest BCUT2D eigenvalue weighted by molar-refractivity contribution is 4.97. The topological polar surface area (TPSA) is 33.7 Å². The molecule has 0 bridgehead atoms. The minimum Gasteiger partial charge on any atom is -0.381 e. The number of hydrogen-bond acceptors (Lipinski definition) is 4. The van der Waals surface area contributed by atoms with Gasteiger partial charge in [-0.2, -0.15) is 0 Å². The Labute approximate surface area is 128 Å². The van der Waals surface area contributed by atoms with Crippen LogP contribution in [0.2, 0.25) is 0 Å². The van der Waals surface area contributed by atoms with E-state index in [2.05, 4.69) is 10.2 Å². The third-order valence-corrected chi connectivity index (χ3v) is 5.85. The van der Waals surface area contributed by atoms with Crippen molar-refractivity contribution in [3.05, 3.63) is 0 Å². The molecule has 4 rings (SSSR count). The third kappa shape index (κ3) is 3.61. The summed E-state index contributed by atoms with van der Waals surface area (Å²) < 4.78 is 11.2. The lowest BCUT2D eigenvalue weighted by Gasteiger charge is -2.38. The second-order valence-electron chi connectivity index (χ2n) is 7.45. The molecular formula is C17H30N2O2. The molecular weight excluding hydrogens is 264 g/mol. The molecule has 4 aliphatic rings. The average molecular weight is 294 g/mol. The number of hydrogen-bond donors (Lipinski definition) is 1. The summed E-state index contributed by atoms with van der Waals surface area (Å²) in [5.41, 5.74) is 0. The highest BCUT2D eigenvalue weighted by atomic mass is 16.5. The first-order valence-electron chi connectivity index (χ1n) is 9.05. The van der Waals surface area contributed by atoms with Gasteiger partial charge in [-0.3, -0.25) is 4.90 Å². The van der Waals surface area contributed by atoms with E-state index in [4.69, 9.17) is 9.47 Å². The van der Waals surface area contributed by atoms with Crippen molar-refractivity contribution in [3.8, 4) is 0 Å². The molecule has 2 heterocycles. The normalized spacial score (nSPS) is 32.7. The van der Waals surface area contributed by atoms with E-state index in [1.807, 2.05) is 0 Å². The van der Waals surface area contributed by atoms with Crippen molar-refractivity contribution in [1.29, 1.82) is 0 Å². The Hall–Kier alpha value is -0.160. The molecule has 1 N–H and O–H groups in total. The third-order valence-electron chi connectivity index (χ3n) is 5.85. The fourth-order valence-corrected chi connectivity index (χ4v) is 4.24. The maximum absolute atomic E-state index is 5.67. The molecule has 21 heavy (non-hydrogen) atoms. The fourth-order valence-electron chi connectivity index (χ4n) is 4.24. The number of ether oxygens (including phenoxy) is 2. The van der Waals surface area contributed by atoms with Crippen molar-refractivity contribution in [2.45, 2.75) is 44.2 Å². The summed E-state index contributed by atoms with van der Waals surface area (Å²) in [7, 11) is 0. The lowest BCUT2D eigenvalue weighted by molar-refractivity contribution is 0.000467. The molecule has 0 amide bonds. The van der Waals surface area contributed by atoms with Crippen LogP contribution in [0, 0.1) is 17.8 Å². The first-order chi connectivity index (χ1) is 10.4. The van der Waals surface area contributed by atoms with Crippen LogP contribution in [0.15, 0.2) is 0 Å². The van der Waals surface area contributed by atoms with E-state index in [0.717, 1.165) is 69.9 Å². The molecule has 2 unspecified atom stereocenters. The number of nitrogens with one attached hydrogen (secondary N) is 1. The quantitative estimate of drug-likeness (QED) is 0.771. The van der Waals surface area contributed by atoms with Gasteiger partial charge in [0.15, 0.2) is 0 Å². The summed E-state index contributed by atoms with van der Waals surface area (Å²) in [6.45, 7) is 7.07. The Morgan fingerprint density at radius 1 is 0.857 bits per heavy atom. The van der Waals surface area contributed by atoms with Crippen molar-refractivity contribution in [1.82, 2.24) is 10.2 Å². The Bertz CT molecular complexity index is 320. The average Bonchev–Trinajstić information content (AvgIpc) is 3.46. The van der Waals surface area contributed by atoms with Gasteiger partial charge in [0.1, 0.15) is 0 Å². The highest BCUT2D eigenvalue weighted by Gasteiger charge is 2.42. The molecule has 2 saturated carbocycles. The van der Waals surface area contributed by atoms with Gasteiger partial charge in [-0.1, -0.05) is 0 Å². The van der Waals surface area contributed by atoms with Gasteiger partial charge in [0, 0.05) is 44.2 Å². The van der Waals surface area contributed by atoms with Gasteiger partial charge in [-0.15, -0.1) is 0 Å². The predicted octanol–water partition coefficient (Wildman–Crippen LogP) is 1.50. The Balaban J connectivity index is 1.36. The first-order valence-corrected chi connectivity index (χ1v) is 9.05. The van der Waals surface area contributed by atoms with Gasteiger partial charge in [0.2, 0.25) is 0 Å². The van der Waals surface area contributed by atoms with E-state index >= 15 is 0 Å². The van der Waals surface area contributed by atoms with Crippen molar-refractivity contribution < 1.29 is 9.47 Å². The second-order valence-corrected chi connectivity index (χ2v) is 7.45. The van der Waals surface area contributed by atoms with Gasteiger partial charge in [0.05, 0.1) is 19.8 Å². The van der Waals surface area contributed by atoms with E-state index in [1.54, 1.807) is 0 Å². The van der Waals surface area contributed by atoms with Crippen molar-refractivity contribution in [2.24, 2.45) is 17.8 Å². The molecule has 0 aromatic carbocycles. The molecule has 2 atom stereocenters. The van der Waals surface area contributed by atoms with Crippen LogP contribution in [-0.2, 0) is 9.47 Å². The van der Waals surface area contributed by atoms with E-state index in [9.17, 15) is 0 Å². The number of nitrogens with zero attached hydrogens (tertiary/aromatic N) is 1. The highest BCUT2D eigenvalue weighted by Crippen LogP contribution is 2.44. The summed E-state index contributed by atoms with van der Waals surface area (Å²) >= 11 is 0. The molecule has 4 nitrogen and oxygen atoms in total. The van der Waals surface area contributed by atoms with E-state index in [0.29, 0.717) is 6.04 Å². The van der Waals surface area contributed by atoms with Crippen molar-refractivity contribution >= 4 is 0 Å². The Morgan fingerprint density at radius 3 is 2.14 bits per heavy atom. The molecule has 0 aromatic heterocycles. The largest absolute Gasteiger partial charge is 0.381 e. The van der Waals surface area contributed by atoms with Crippen LogP contribution in [0.4, 0.5) is 0 Å². The first kappa shape index (κ1) is 14.4. The lowest BCUT2D eigenvalue weighted by Crippen LogP contribution is -2.53. The lowest BCUT2D eigenvalue weighted by atomic mass is 9.96. The van der Waals surface area contributed by atoms with Crippen LogP contribution in [-0.4, -0.2) is 63.0 Å². The van der Waals surface area contributed by atoms with Gasteiger partial charge >= 0.3 is 0 Å². The minimum absolute atomic E-state index is 0.649. The molecule has 2 saturated heterocycles. The van der Waals surface area contributed by atoms with Crippen LogP contribution in [0.25, 0.3) is 0 Å². The fraction of sp³-hybridized carbons (Fsp3) is 1.00. The van der Waals surface area contributed by atoms with Gasteiger partial charge in [-0.25, -0.2) is 0 Å². The van der Waals surface area contributed by atoms with Crippen molar-refractivity contribution in [2.75, 3.05) is 46.1 Å². The van der Waals surface area contributed by atoms with Gasteiger partial charge < -0.3 is 14.8 Å².